The molecule has 0 amide bonds. The SMILES string of the molecule is Cc1csc(CN(C)C(C)CC#N)n1. The fourth-order valence-electron chi connectivity index (χ4n) is 1.13. The van der Waals surface area contributed by atoms with Crippen LogP contribution >= 0.6 is 11.3 Å². The van der Waals surface area contributed by atoms with Gasteiger partial charge in [0.25, 0.3) is 0 Å². The molecule has 76 valence electrons. The second-order valence-corrected chi connectivity index (χ2v) is 4.45. The Morgan fingerprint density at radius 3 is 2.93 bits per heavy atom. The Labute approximate surface area is 89.0 Å². The fourth-order valence-corrected chi connectivity index (χ4v) is 1.97. The zero-order valence-electron chi connectivity index (χ0n) is 8.82. The fraction of sp³-hybridized carbons (Fsp3) is 0.600. The molecule has 1 atom stereocenters. The molecular formula is C10H15N3S. The lowest BCUT2D eigenvalue weighted by molar-refractivity contribution is 0.252. The van der Waals surface area contributed by atoms with Gasteiger partial charge >= 0.3 is 0 Å². The number of thiazole rings is 1. The van der Waals surface area contributed by atoms with Crippen LogP contribution in [0.5, 0.6) is 0 Å². The molecule has 1 unspecified atom stereocenters. The Hall–Kier alpha value is -0.920. The predicted octanol–water partition coefficient (Wildman–Crippen LogP) is 2.19. The van der Waals surface area contributed by atoms with Crippen LogP contribution in [-0.4, -0.2) is 23.0 Å². The summed E-state index contributed by atoms with van der Waals surface area (Å²) in [4.78, 5) is 6.54. The van der Waals surface area contributed by atoms with Crippen molar-refractivity contribution >= 4 is 11.3 Å². The van der Waals surface area contributed by atoms with E-state index in [1.165, 1.54) is 0 Å². The minimum absolute atomic E-state index is 0.296. The Morgan fingerprint density at radius 1 is 1.71 bits per heavy atom. The quantitative estimate of drug-likeness (QED) is 0.763. The molecule has 0 spiro atoms. The standard InChI is InChI=1S/C10H15N3S/c1-8-7-14-10(12-8)6-13(3)9(2)4-5-11/h7,9H,4,6H2,1-3H3. The van der Waals surface area contributed by atoms with Crippen molar-refractivity contribution in [1.29, 1.82) is 5.26 Å². The summed E-state index contributed by atoms with van der Waals surface area (Å²) in [6.07, 6.45) is 0.570. The molecule has 0 aliphatic heterocycles. The highest BCUT2D eigenvalue weighted by atomic mass is 32.1. The maximum absolute atomic E-state index is 8.57. The molecular weight excluding hydrogens is 194 g/mol. The summed E-state index contributed by atoms with van der Waals surface area (Å²) >= 11 is 1.68. The smallest absolute Gasteiger partial charge is 0.107 e. The molecule has 14 heavy (non-hydrogen) atoms. The van der Waals surface area contributed by atoms with Gasteiger partial charge in [-0.25, -0.2) is 4.98 Å². The number of hydrogen-bond acceptors (Lipinski definition) is 4. The van der Waals surface area contributed by atoms with E-state index in [1.807, 2.05) is 14.0 Å². The minimum Gasteiger partial charge on any atom is -0.296 e. The van der Waals surface area contributed by atoms with Crippen molar-refractivity contribution in [3.05, 3.63) is 16.1 Å². The highest BCUT2D eigenvalue weighted by Crippen LogP contribution is 2.12. The predicted molar refractivity (Wildman–Crippen MR) is 58.0 cm³/mol. The van der Waals surface area contributed by atoms with Gasteiger partial charge in [0, 0.05) is 17.1 Å². The van der Waals surface area contributed by atoms with Gasteiger partial charge in [-0.05, 0) is 20.9 Å². The van der Waals surface area contributed by atoms with Crippen molar-refractivity contribution in [3.63, 3.8) is 0 Å². The van der Waals surface area contributed by atoms with E-state index in [0.717, 1.165) is 17.2 Å². The monoisotopic (exact) mass is 209 g/mol. The molecule has 3 nitrogen and oxygen atoms in total. The van der Waals surface area contributed by atoms with Gasteiger partial charge in [0.15, 0.2) is 0 Å². The van der Waals surface area contributed by atoms with Crippen LogP contribution in [0.3, 0.4) is 0 Å². The van der Waals surface area contributed by atoms with Crippen LogP contribution in [-0.2, 0) is 6.54 Å². The highest BCUT2D eigenvalue weighted by Gasteiger charge is 2.10. The second kappa shape index (κ2) is 5.08. The second-order valence-electron chi connectivity index (χ2n) is 3.51. The Kier molecular flexibility index (Phi) is 4.05. The third kappa shape index (κ3) is 3.09. The van der Waals surface area contributed by atoms with E-state index in [-0.39, 0.29) is 0 Å². The van der Waals surface area contributed by atoms with E-state index < -0.39 is 0 Å². The van der Waals surface area contributed by atoms with E-state index in [0.29, 0.717) is 12.5 Å². The van der Waals surface area contributed by atoms with E-state index >= 15 is 0 Å². The molecule has 1 heterocycles. The first-order valence-electron chi connectivity index (χ1n) is 4.61. The highest BCUT2D eigenvalue weighted by molar-refractivity contribution is 7.09. The zero-order valence-corrected chi connectivity index (χ0v) is 9.64. The number of hydrogen-bond donors (Lipinski definition) is 0. The van der Waals surface area contributed by atoms with Crippen LogP contribution < -0.4 is 0 Å². The maximum Gasteiger partial charge on any atom is 0.107 e. The van der Waals surface area contributed by atoms with Crippen LogP contribution in [0, 0.1) is 18.3 Å². The third-order valence-corrected chi connectivity index (χ3v) is 3.14. The summed E-state index contributed by atoms with van der Waals surface area (Å²) < 4.78 is 0. The van der Waals surface area contributed by atoms with Crippen LogP contribution in [0.25, 0.3) is 0 Å². The number of nitrogens with zero attached hydrogens (tertiary/aromatic N) is 3. The molecule has 0 fully saturated rings. The lowest BCUT2D eigenvalue weighted by Gasteiger charge is -2.20. The summed E-state index contributed by atoms with van der Waals surface area (Å²) in [5.41, 5.74) is 1.08. The average molecular weight is 209 g/mol. The summed E-state index contributed by atoms with van der Waals surface area (Å²) in [6.45, 7) is 4.89. The van der Waals surface area contributed by atoms with Crippen molar-refractivity contribution in [1.82, 2.24) is 9.88 Å². The first-order chi connectivity index (χ1) is 6.63. The van der Waals surface area contributed by atoms with Crippen molar-refractivity contribution in [2.75, 3.05) is 7.05 Å². The summed E-state index contributed by atoms with van der Waals surface area (Å²) in [5, 5.41) is 11.7. The van der Waals surface area contributed by atoms with Crippen LogP contribution in [0.15, 0.2) is 5.38 Å². The van der Waals surface area contributed by atoms with E-state index in [9.17, 15) is 0 Å². The van der Waals surface area contributed by atoms with E-state index in [4.69, 9.17) is 5.26 Å². The number of rotatable bonds is 4. The van der Waals surface area contributed by atoms with Crippen molar-refractivity contribution in [3.8, 4) is 6.07 Å². The lowest BCUT2D eigenvalue weighted by Crippen LogP contribution is -2.28. The van der Waals surface area contributed by atoms with Crippen molar-refractivity contribution in [2.24, 2.45) is 0 Å². The van der Waals surface area contributed by atoms with Gasteiger partial charge in [0.1, 0.15) is 5.01 Å². The van der Waals surface area contributed by atoms with Gasteiger partial charge < -0.3 is 0 Å². The molecule has 1 rings (SSSR count). The minimum atomic E-state index is 0.296. The van der Waals surface area contributed by atoms with Gasteiger partial charge in [-0.15, -0.1) is 11.3 Å². The van der Waals surface area contributed by atoms with Crippen molar-refractivity contribution < 1.29 is 0 Å². The molecule has 4 heteroatoms. The van der Waals surface area contributed by atoms with Crippen LogP contribution in [0.2, 0.25) is 0 Å². The molecule has 0 N–H and O–H groups in total. The maximum atomic E-state index is 8.57. The van der Waals surface area contributed by atoms with Crippen molar-refractivity contribution in [2.45, 2.75) is 32.9 Å². The molecule has 1 aromatic rings. The van der Waals surface area contributed by atoms with Gasteiger partial charge in [-0.2, -0.15) is 5.26 Å². The lowest BCUT2D eigenvalue weighted by atomic mass is 10.2. The summed E-state index contributed by atoms with van der Waals surface area (Å²) in [6, 6.07) is 2.48. The Morgan fingerprint density at radius 2 is 2.43 bits per heavy atom. The molecule has 0 radical (unpaired) electrons. The molecule has 0 bridgehead atoms. The summed E-state index contributed by atoms with van der Waals surface area (Å²) in [7, 11) is 2.03. The van der Waals surface area contributed by atoms with E-state index in [1.54, 1.807) is 11.3 Å². The average Bonchev–Trinajstić information content (AvgIpc) is 2.51. The largest absolute Gasteiger partial charge is 0.296 e. The van der Waals surface area contributed by atoms with Crippen LogP contribution in [0.4, 0.5) is 0 Å². The van der Waals surface area contributed by atoms with Gasteiger partial charge in [-0.1, -0.05) is 0 Å². The van der Waals surface area contributed by atoms with Crippen LogP contribution in [0.1, 0.15) is 24.0 Å². The first-order valence-corrected chi connectivity index (χ1v) is 5.49. The molecule has 0 aliphatic rings. The van der Waals surface area contributed by atoms with Gasteiger partial charge in [0.2, 0.25) is 0 Å². The number of aryl methyl sites for hydroxylation is 1. The van der Waals surface area contributed by atoms with Gasteiger partial charge in [-0.3, -0.25) is 4.90 Å². The molecule has 0 aliphatic carbocycles. The molecule has 1 aromatic heterocycles. The Balaban J connectivity index is 2.49. The number of aromatic nitrogens is 1. The summed E-state index contributed by atoms with van der Waals surface area (Å²) in [5.74, 6) is 0. The normalized spacial score (nSPS) is 12.8. The molecule has 0 saturated heterocycles. The molecule has 0 aromatic carbocycles. The molecule has 0 saturated carbocycles. The topological polar surface area (TPSA) is 39.9 Å². The van der Waals surface area contributed by atoms with Gasteiger partial charge in [0.05, 0.1) is 19.0 Å². The number of nitriles is 1. The third-order valence-electron chi connectivity index (χ3n) is 2.19. The first kappa shape index (κ1) is 11.2. The van der Waals surface area contributed by atoms with E-state index in [2.05, 4.69) is 28.3 Å². The zero-order chi connectivity index (χ0) is 10.6. The Bertz CT molecular complexity index is 326.